The minimum atomic E-state index is -1.22. The molecule has 0 unspecified atom stereocenters. The second-order valence-corrected chi connectivity index (χ2v) is 13.7. The molecule has 0 spiro atoms. The first kappa shape index (κ1) is 42.0. The van der Waals surface area contributed by atoms with E-state index < -0.39 is 59.7 Å². The standard InChI is InChI=1S/C36H47IN10O6/c1-21(48)44-29(19-22-11-14-26(37)15-12-22)33(51)46-28(9-5-17-43-36(41)53)32(50)47-30(20-23-10-13-24-6-2-3-7-25(24)18-23)34(52)45-27(31(38)49)8-4-16-42-35(39)40/h2-3,6-7,10-15,18,27-30H,4-5,8-9,16-17,19-20H2,1H3,(H2,38,49)(H,44,48)(H,45,52)(H,46,51)(H,47,50)(H4,39,40,42)(H3,41,43,53)/t27-,28-,29+,30-/m0/s1. The lowest BCUT2D eigenvalue weighted by atomic mass is 9.99. The Bertz CT molecular complexity index is 1780. The summed E-state index contributed by atoms with van der Waals surface area (Å²) < 4.78 is 0.989. The molecule has 3 aromatic rings. The average molecular weight is 843 g/mol. The summed E-state index contributed by atoms with van der Waals surface area (Å²) in [5.74, 6) is -3.38. The number of nitrogens with zero attached hydrogens (tertiary/aromatic N) is 1. The van der Waals surface area contributed by atoms with E-state index in [1.54, 1.807) is 0 Å². The maximum atomic E-state index is 14.0. The van der Waals surface area contributed by atoms with Gasteiger partial charge in [0.2, 0.25) is 29.5 Å². The summed E-state index contributed by atoms with van der Waals surface area (Å²) in [6.07, 6.45) is 0.888. The highest BCUT2D eigenvalue weighted by Gasteiger charge is 2.31. The first-order valence-corrected chi connectivity index (χ1v) is 18.1. The van der Waals surface area contributed by atoms with Gasteiger partial charge in [-0.2, -0.15) is 0 Å². The third-order valence-corrected chi connectivity index (χ3v) is 8.86. The molecule has 7 amide bonds. The van der Waals surface area contributed by atoms with Crippen LogP contribution in [0.4, 0.5) is 4.79 Å². The number of guanidine groups is 1. The smallest absolute Gasteiger partial charge is 0.312 e. The largest absolute Gasteiger partial charge is 0.370 e. The van der Waals surface area contributed by atoms with Crippen LogP contribution in [0.15, 0.2) is 71.7 Å². The number of urea groups is 1. The molecule has 13 N–H and O–H groups in total. The number of carbonyl (C=O) groups excluding carboxylic acids is 6. The summed E-state index contributed by atoms with van der Waals surface area (Å²) in [7, 11) is 0. The average Bonchev–Trinajstić information content (AvgIpc) is 3.10. The van der Waals surface area contributed by atoms with Crippen molar-refractivity contribution in [2.75, 3.05) is 13.1 Å². The number of halogens is 1. The predicted molar refractivity (Wildman–Crippen MR) is 210 cm³/mol. The van der Waals surface area contributed by atoms with Crippen molar-refractivity contribution in [1.29, 1.82) is 0 Å². The van der Waals surface area contributed by atoms with Gasteiger partial charge in [0, 0.05) is 36.4 Å². The van der Waals surface area contributed by atoms with Crippen molar-refractivity contribution in [3.8, 4) is 0 Å². The van der Waals surface area contributed by atoms with E-state index in [0.717, 1.165) is 19.9 Å². The van der Waals surface area contributed by atoms with Crippen molar-refractivity contribution in [2.45, 2.75) is 69.6 Å². The van der Waals surface area contributed by atoms with Crippen LogP contribution in [0.5, 0.6) is 0 Å². The van der Waals surface area contributed by atoms with Gasteiger partial charge in [-0.15, -0.1) is 0 Å². The molecule has 3 rings (SSSR count). The zero-order valence-corrected chi connectivity index (χ0v) is 31.6. The normalized spacial score (nSPS) is 13.0. The third-order valence-electron chi connectivity index (χ3n) is 8.14. The fourth-order valence-electron chi connectivity index (χ4n) is 5.51. The first-order chi connectivity index (χ1) is 25.2. The topological polar surface area (TPSA) is 279 Å². The number of primary amides is 2. The Hall–Kier alpha value is -5.46. The van der Waals surface area contributed by atoms with Gasteiger partial charge >= 0.3 is 6.03 Å². The van der Waals surface area contributed by atoms with Gasteiger partial charge in [-0.1, -0.05) is 54.6 Å². The Morgan fingerprint density at radius 3 is 1.83 bits per heavy atom. The van der Waals surface area contributed by atoms with E-state index in [4.69, 9.17) is 22.9 Å². The summed E-state index contributed by atoms with van der Waals surface area (Å²) in [4.78, 5) is 81.2. The molecule has 0 aliphatic rings. The lowest BCUT2D eigenvalue weighted by Gasteiger charge is -2.26. The van der Waals surface area contributed by atoms with E-state index in [0.29, 0.717) is 12.0 Å². The van der Waals surface area contributed by atoms with Crippen molar-refractivity contribution in [1.82, 2.24) is 26.6 Å². The van der Waals surface area contributed by atoms with E-state index in [2.05, 4.69) is 54.2 Å². The Morgan fingerprint density at radius 2 is 1.21 bits per heavy atom. The number of hydrogen-bond acceptors (Lipinski definition) is 7. The number of carbonyl (C=O) groups is 6. The second-order valence-electron chi connectivity index (χ2n) is 12.4. The van der Waals surface area contributed by atoms with E-state index in [1.165, 1.54) is 6.92 Å². The third kappa shape index (κ3) is 15.0. The zero-order valence-electron chi connectivity index (χ0n) is 29.4. The van der Waals surface area contributed by atoms with Crippen LogP contribution in [0.25, 0.3) is 10.8 Å². The lowest BCUT2D eigenvalue weighted by molar-refractivity contribution is -0.134. The molecule has 0 heterocycles. The number of benzene rings is 3. The number of aliphatic imine (C=N–C) groups is 1. The predicted octanol–water partition coefficient (Wildman–Crippen LogP) is 0.176. The van der Waals surface area contributed by atoms with Crippen molar-refractivity contribution >= 4 is 74.9 Å². The van der Waals surface area contributed by atoms with E-state index in [1.807, 2.05) is 66.7 Å². The molecule has 3 aromatic carbocycles. The molecule has 0 aliphatic carbocycles. The van der Waals surface area contributed by atoms with Gasteiger partial charge in [0.25, 0.3) is 0 Å². The Labute approximate surface area is 321 Å². The molecule has 53 heavy (non-hydrogen) atoms. The van der Waals surface area contributed by atoms with Gasteiger partial charge in [0.05, 0.1) is 0 Å². The molecule has 0 radical (unpaired) electrons. The minimum Gasteiger partial charge on any atom is -0.370 e. The van der Waals surface area contributed by atoms with Gasteiger partial charge in [-0.3, -0.25) is 29.0 Å². The first-order valence-electron chi connectivity index (χ1n) is 17.0. The number of nitrogens with one attached hydrogen (secondary N) is 5. The van der Waals surface area contributed by atoms with Crippen molar-refractivity contribution < 1.29 is 28.8 Å². The fraction of sp³-hybridized carbons (Fsp3) is 0.361. The number of rotatable bonds is 20. The molecule has 284 valence electrons. The number of nitrogens with two attached hydrogens (primary N) is 4. The number of hydrogen-bond donors (Lipinski definition) is 9. The maximum absolute atomic E-state index is 14.0. The van der Waals surface area contributed by atoms with Crippen LogP contribution >= 0.6 is 22.6 Å². The molecule has 0 saturated carbocycles. The fourth-order valence-corrected chi connectivity index (χ4v) is 5.87. The molecular formula is C36H47IN10O6. The van der Waals surface area contributed by atoms with Crippen LogP contribution in [0.2, 0.25) is 0 Å². The van der Waals surface area contributed by atoms with Crippen molar-refractivity contribution in [3.63, 3.8) is 0 Å². The van der Waals surface area contributed by atoms with E-state index >= 15 is 0 Å². The second kappa shape index (κ2) is 21.2. The van der Waals surface area contributed by atoms with Crippen LogP contribution in [0.3, 0.4) is 0 Å². The highest BCUT2D eigenvalue weighted by Crippen LogP contribution is 2.17. The van der Waals surface area contributed by atoms with Gasteiger partial charge in [-0.05, 0) is 82.3 Å². The highest BCUT2D eigenvalue weighted by molar-refractivity contribution is 14.1. The molecule has 0 aromatic heterocycles. The quantitative estimate of drug-likeness (QED) is 0.0327. The minimum absolute atomic E-state index is 0.0209. The zero-order chi connectivity index (χ0) is 38.9. The summed E-state index contributed by atoms with van der Waals surface area (Å²) >= 11 is 2.16. The molecule has 4 atom stereocenters. The van der Waals surface area contributed by atoms with Crippen LogP contribution < -0.4 is 49.5 Å². The van der Waals surface area contributed by atoms with E-state index in [-0.39, 0.29) is 51.2 Å². The monoisotopic (exact) mass is 842 g/mol. The molecular weight excluding hydrogens is 795 g/mol. The lowest BCUT2D eigenvalue weighted by Crippen LogP contribution is -2.58. The Morgan fingerprint density at radius 1 is 0.660 bits per heavy atom. The van der Waals surface area contributed by atoms with Crippen LogP contribution in [-0.2, 0) is 36.8 Å². The maximum Gasteiger partial charge on any atom is 0.312 e. The molecule has 0 aliphatic heterocycles. The highest BCUT2D eigenvalue weighted by atomic mass is 127. The Kier molecular flexibility index (Phi) is 16.7. The van der Waals surface area contributed by atoms with Crippen molar-refractivity contribution in [3.05, 3.63) is 81.4 Å². The number of fused-ring (bicyclic) bond motifs is 1. The van der Waals surface area contributed by atoms with E-state index in [9.17, 15) is 28.8 Å². The van der Waals surface area contributed by atoms with Gasteiger partial charge < -0.3 is 49.5 Å². The van der Waals surface area contributed by atoms with Gasteiger partial charge in [-0.25, -0.2) is 4.79 Å². The Balaban J connectivity index is 1.89. The molecule has 17 heteroatoms. The molecule has 0 fully saturated rings. The summed E-state index contributed by atoms with van der Waals surface area (Å²) in [6.45, 7) is 1.59. The van der Waals surface area contributed by atoms with Crippen LogP contribution in [0, 0.1) is 3.57 Å². The molecule has 16 nitrogen and oxygen atoms in total. The number of amides is 7. The van der Waals surface area contributed by atoms with Crippen LogP contribution in [-0.4, -0.2) is 78.8 Å². The molecule has 0 bridgehead atoms. The summed E-state index contributed by atoms with van der Waals surface area (Å²) in [6, 6.07) is 15.3. The van der Waals surface area contributed by atoms with Crippen LogP contribution in [0.1, 0.15) is 43.7 Å². The molecule has 0 saturated heterocycles. The van der Waals surface area contributed by atoms with Crippen molar-refractivity contribution in [2.24, 2.45) is 27.9 Å². The summed E-state index contributed by atoms with van der Waals surface area (Å²) in [5, 5.41) is 15.1. The van der Waals surface area contributed by atoms with Gasteiger partial charge in [0.15, 0.2) is 5.96 Å². The summed E-state index contributed by atoms with van der Waals surface area (Å²) in [5.41, 5.74) is 23.1. The van der Waals surface area contributed by atoms with Gasteiger partial charge in [0.1, 0.15) is 24.2 Å². The SMILES string of the molecule is CC(=O)N[C@H](Cc1ccc(I)cc1)C(=O)N[C@@H](CCCNC(N)=O)C(=O)N[C@@H](Cc1ccc2ccccc2c1)C(=O)N[C@@H](CCCN=C(N)N)C(N)=O.